The second-order valence-electron chi connectivity index (χ2n) is 8.69. The van der Waals surface area contributed by atoms with E-state index in [0.29, 0.717) is 6.42 Å². The average Bonchev–Trinajstić information content (AvgIpc) is 3.37. The van der Waals surface area contributed by atoms with Gasteiger partial charge in [0.1, 0.15) is 6.10 Å². The van der Waals surface area contributed by atoms with E-state index in [0.717, 1.165) is 32.1 Å². The number of carbonyl (C=O) groups is 1. The predicted octanol–water partition coefficient (Wildman–Crippen LogP) is 5.86. The number of fused-ring (bicyclic) bond motifs is 2. The van der Waals surface area contributed by atoms with Crippen LogP contribution in [0.2, 0.25) is 0 Å². The van der Waals surface area contributed by atoms with E-state index in [-0.39, 0.29) is 37.1 Å². The van der Waals surface area contributed by atoms with Crippen LogP contribution >= 0.6 is 7.60 Å². The van der Waals surface area contributed by atoms with Gasteiger partial charge in [0.2, 0.25) is 0 Å². The van der Waals surface area contributed by atoms with Gasteiger partial charge in [-0.15, -0.1) is 0 Å². The first-order valence-corrected chi connectivity index (χ1v) is 12.9. The number of benzene rings is 1. The molecule has 0 spiro atoms. The van der Waals surface area contributed by atoms with Crippen LogP contribution in [-0.2, 0) is 23.1 Å². The Morgan fingerprint density at radius 1 is 1.07 bits per heavy atom. The first-order chi connectivity index (χ1) is 14.5. The minimum absolute atomic E-state index is 0.155. The van der Waals surface area contributed by atoms with Crippen molar-refractivity contribution in [1.29, 1.82) is 0 Å². The Morgan fingerprint density at radius 2 is 1.77 bits per heavy atom. The van der Waals surface area contributed by atoms with Crippen molar-refractivity contribution in [2.75, 3.05) is 13.2 Å². The molecule has 2 saturated carbocycles. The molecule has 4 rings (SSSR count). The third kappa shape index (κ3) is 3.70. The van der Waals surface area contributed by atoms with Crippen molar-refractivity contribution < 1.29 is 23.1 Å². The molecule has 2 bridgehead atoms. The van der Waals surface area contributed by atoms with Gasteiger partial charge in [0.15, 0.2) is 5.16 Å². The normalized spacial score (nSPS) is 33.0. The SMILES string of the molecule is CCOP(=O)(OCC)[C@@]1(C(=O)O[C@@H]2CCCC[C@H]2c2ccccc2)C[C@@H]2C=C[C@H]1C2. The summed E-state index contributed by atoms with van der Waals surface area (Å²) >= 11 is 0. The Bertz CT molecular complexity index is 812. The van der Waals surface area contributed by atoms with E-state index in [4.69, 9.17) is 13.8 Å². The van der Waals surface area contributed by atoms with Gasteiger partial charge in [-0.2, -0.15) is 0 Å². The molecule has 3 aliphatic rings. The van der Waals surface area contributed by atoms with Crippen molar-refractivity contribution >= 4 is 13.6 Å². The summed E-state index contributed by atoms with van der Waals surface area (Å²) in [5, 5.41) is -1.23. The Hall–Kier alpha value is -1.42. The van der Waals surface area contributed by atoms with Crippen LogP contribution in [0.25, 0.3) is 0 Å². The van der Waals surface area contributed by atoms with Crippen LogP contribution in [-0.4, -0.2) is 30.4 Å². The van der Waals surface area contributed by atoms with E-state index in [1.807, 2.05) is 24.3 Å². The van der Waals surface area contributed by atoms with Gasteiger partial charge >= 0.3 is 13.6 Å². The van der Waals surface area contributed by atoms with Crippen molar-refractivity contribution in [3.8, 4) is 0 Å². The van der Waals surface area contributed by atoms with Gasteiger partial charge in [-0.05, 0) is 57.4 Å². The molecule has 30 heavy (non-hydrogen) atoms. The highest BCUT2D eigenvalue weighted by Gasteiger charge is 2.67. The lowest BCUT2D eigenvalue weighted by Crippen LogP contribution is -2.47. The van der Waals surface area contributed by atoms with Crippen molar-refractivity contribution in [2.45, 2.75) is 69.6 Å². The highest BCUT2D eigenvalue weighted by Crippen LogP contribution is 2.71. The molecule has 164 valence electrons. The van der Waals surface area contributed by atoms with Crippen LogP contribution in [0.3, 0.4) is 0 Å². The zero-order chi connectivity index (χ0) is 21.2. The summed E-state index contributed by atoms with van der Waals surface area (Å²) in [6, 6.07) is 10.3. The van der Waals surface area contributed by atoms with Gasteiger partial charge in [0.05, 0.1) is 13.2 Å². The van der Waals surface area contributed by atoms with Crippen LogP contribution in [0.1, 0.15) is 63.9 Å². The maximum atomic E-state index is 14.0. The Kier molecular flexibility index (Phi) is 6.53. The van der Waals surface area contributed by atoms with Gasteiger partial charge < -0.3 is 13.8 Å². The number of allylic oxidation sites excluding steroid dienone is 2. The van der Waals surface area contributed by atoms with Crippen LogP contribution in [0.4, 0.5) is 0 Å². The van der Waals surface area contributed by atoms with E-state index in [9.17, 15) is 9.36 Å². The minimum atomic E-state index is -3.68. The Balaban J connectivity index is 1.64. The lowest BCUT2D eigenvalue weighted by molar-refractivity contribution is -0.156. The summed E-state index contributed by atoms with van der Waals surface area (Å²) in [4.78, 5) is 13.8. The maximum absolute atomic E-state index is 14.0. The van der Waals surface area contributed by atoms with Gasteiger partial charge in [-0.3, -0.25) is 9.36 Å². The standard InChI is InChI=1S/C24H33O5P/c1-3-27-30(26,28-4-2)24(17-18-14-15-20(24)16-18)23(25)29-22-13-9-8-12-21(22)19-10-6-5-7-11-19/h5-7,10-11,14-15,18,20-22H,3-4,8-9,12-13,16-17H2,1-2H3/t18-,20+,21+,22-,24+/m1/s1. The lowest BCUT2D eigenvalue weighted by atomic mass is 9.81. The number of esters is 1. The Labute approximate surface area is 179 Å². The second-order valence-corrected chi connectivity index (χ2v) is 11.0. The minimum Gasteiger partial charge on any atom is -0.461 e. The van der Waals surface area contributed by atoms with Crippen molar-refractivity contribution in [2.24, 2.45) is 11.8 Å². The summed E-state index contributed by atoms with van der Waals surface area (Å²) in [6.45, 7) is 4.06. The molecule has 5 nitrogen and oxygen atoms in total. The molecule has 2 fully saturated rings. The Morgan fingerprint density at radius 3 is 2.37 bits per heavy atom. The maximum Gasteiger partial charge on any atom is 0.348 e. The summed E-state index contributed by atoms with van der Waals surface area (Å²) in [5.74, 6) is -0.142. The molecular formula is C24H33O5P. The predicted molar refractivity (Wildman–Crippen MR) is 116 cm³/mol. The molecule has 0 unspecified atom stereocenters. The second kappa shape index (κ2) is 8.98. The highest BCUT2D eigenvalue weighted by atomic mass is 31.2. The molecule has 0 N–H and O–H groups in total. The average molecular weight is 432 g/mol. The quantitative estimate of drug-likeness (QED) is 0.293. The van der Waals surface area contributed by atoms with Crippen molar-refractivity contribution in [1.82, 2.24) is 0 Å². The molecule has 1 aromatic carbocycles. The van der Waals surface area contributed by atoms with Crippen molar-refractivity contribution in [3.63, 3.8) is 0 Å². The molecule has 0 heterocycles. The summed E-state index contributed by atoms with van der Waals surface area (Å²) in [6.07, 6.45) is 9.23. The summed E-state index contributed by atoms with van der Waals surface area (Å²) in [5.41, 5.74) is 1.20. The fraction of sp³-hybridized carbons (Fsp3) is 0.625. The van der Waals surface area contributed by atoms with Gasteiger partial charge in [-0.25, -0.2) is 0 Å². The summed E-state index contributed by atoms with van der Waals surface area (Å²) < 4.78 is 31.7. The fourth-order valence-electron chi connectivity index (χ4n) is 5.66. The van der Waals surface area contributed by atoms with Crippen LogP contribution in [0.5, 0.6) is 0 Å². The molecule has 0 aromatic heterocycles. The van der Waals surface area contributed by atoms with Crippen LogP contribution < -0.4 is 0 Å². The van der Waals surface area contributed by atoms with E-state index < -0.39 is 18.7 Å². The van der Waals surface area contributed by atoms with Gasteiger partial charge in [0.25, 0.3) is 0 Å². The third-order valence-electron chi connectivity index (χ3n) is 6.99. The molecule has 5 atom stereocenters. The molecule has 6 heteroatoms. The number of carbonyl (C=O) groups excluding carboxylic acids is 1. The lowest BCUT2D eigenvalue weighted by Gasteiger charge is -2.40. The fourth-order valence-corrected chi connectivity index (χ4v) is 8.21. The number of hydrogen-bond donors (Lipinski definition) is 0. The number of rotatable bonds is 8. The molecule has 3 aliphatic carbocycles. The van der Waals surface area contributed by atoms with E-state index in [1.165, 1.54) is 5.56 Å². The molecule has 0 radical (unpaired) electrons. The molecular weight excluding hydrogens is 399 g/mol. The number of ether oxygens (including phenoxy) is 1. The van der Waals surface area contributed by atoms with E-state index in [2.05, 4.69) is 18.2 Å². The topological polar surface area (TPSA) is 61.8 Å². The third-order valence-corrected chi connectivity index (χ3v) is 9.86. The van der Waals surface area contributed by atoms with Crippen LogP contribution in [0, 0.1) is 11.8 Å². The summed E-state index contributed by atoms with van der Waals surface area (Å²) in [7, 11) is -3.68. The van der Waals surface area contributed by atoms with E-state index >= 15 is 0 Å². The molecule has 0 amide bonds. The first-order valence-electron chi connectivity index (χ1n) is 11.4. The molecule has 0 saturated heterocycles. The van der Waals surface area contributed by atoms with Crippen LogP contribution in [0.15, 0.2) is 42.5 Å². The van der Waals surface area contributed by atoms with Gasteiger partial charge in [0, 0.05) is 11.8 Å². The first kappa shape index (κ1) is 21.8. The van der Waals surface area contributed by atoms with Crippen molar-refractivity contribution in [3.05, 3.63) is 48.0 Å². The molecule has 1 aromatic rings. The smallest absolute Gasteiger partial charge is 0.348 e. The largest absolute Gasteiger partial charge is 0.461 e. The zero-order valence-electron chi connectivity index (χ0n) is 18.0. The van der Waals surface area contributed by atoms with E-state index in [1.54, 1.807) is 13.8 Å². The van der Waals surface area contributed by atoms with Gasteiger partial charge in [-0.1, -0.05) is 48.9 Å². The number of hydrogen-bond acceptors (Lipinski definition) is 5. The zero-order valence-corrected chi connectivity index (χ0v) is 18.9. The molecule has 0 aliphatic heterocycles. The monoisotopic (exact) mass is 432 g/mol. The highest BCUT2D eigenvalue weighted by molar-refractivity contribution is 7.56.